The highest BCUT2D eigenvalue weighted by Crippen LogP contribution is 2.27. The quantitative estimate of drug-likeness (QED) is 0.365. The Hall–Kier alpha value is -1.76. The molecular weight excluding hydrogens is 271 g/mol. The van der Waals surface area contributed by atoms with Crippen molar-refractivity contribution in [2.75, 3.05) is 20.1 Å². The van der Waals surface area contributed by atoms with Gasteiger partial charge in [0.05, 0.1) is 0 Å². The first-order valence-electron chi connectivity index (χ1n) is 6.11. The number of halogens is 3. The van der Waals surface area contributed by atoms with E-state index in [2.05, 4.69) is 5.16 Å². The normalized spacial score (nSPS) is 14.6. The van der Waals surface area contributed by atoms with Crippen molar-refractivity contribution < 1.29 is 18.4 Å². The molecule has 1 rings (SSSR count). The number of hydrogen-bond acceptors (Lipinski definition) is 3. The van der Waals surface area contributed by atoms with Crippen molar-refractivity contribution in [3.8, 4) is 0 Å². The molecule has 3 N–H and O–H groups in total. The summed E-state index contributed by atoms with van der Waals surface area (Å²) in [6.07, 6.45) is -3.89. The number of oxime groups is 1. The van der Waals surface area contributed by atoms with E-state index in [1.165, 1.54) is 4.90 Å². The van der Waals surface area contributed by atoms with E-state index in [0.29, 0.717) is 13.0 Å². The average Bonchev–Trinajstić information content (AvgIpc) is 2.41. The predicted molar refractivity (Wildman–Crippen MR) is 70.6 cm³/mol. The maximum Gasteiger partial charge on any atom is 0.400 e. The van der Waals surface area contributed by atoms with Crippen LogP contribution in [0.2, 0.25) is 0 Å². The van der Waals surface area contributed by atoms with Crippen LogP contribution < -0.4 is 5.73 Å². The summed E-state index contributed by atoms with van der Waals surface area (Å²) in [5.41, 5.74) is 6.16. The number of benzene rings is 1. The SMILES string of the molecule is CN(CCc1ccccc1)CC(/C(N)=N/O)C(F)(F)F. The van der Waals surface area contributed by atoms with Crippen molar-refractivity contribution >= 4 is 5.84 Å². The lowest BCUT2D eigenvalue weighted by Gasteiger charge is -2.25. The topological polar surface area (TPSA) is 61.8 Å². The van der Waals surface area contributed by atoms with Gasteiger partial charge < -0.3 is 15.8 Å². The molecule has 20 heavy (non-hydrogen) atoms. The number of amidine groups is 1. The average molecular weight is 289 g/mol. The van der Waals surface area contributed by atoms with Gasteiger partial charge in [-0.25, -0.2) is 0 Å². The lowest BCUT2D eigenvalue weighted by atomic mass is 10.1. The zero-order valence-electron chi connectivity index (χ0n) is 11.1. The van der Waals surface area contributed by atoms with Crippen LogP contribution in [-0.2, 0) is 6.42 Å². The second-order valence-electron chi connectivity index (χ2n) is 4.62. The summed E-state index contributed by atoms with van der Waals surface area (Å²) >= 11 is 0. The second kappa shape index (κ2) is 7.14. The number of rotatable bonds is 6. The highest BCUT2D eigenvalue weighted by atomic mass is 19.4. The van der Waals surface area contributed by atoms with Crippen LogP contribution in [-0.4, -0.2) is 42.3 Å². The maximum absolute atomic E-state index is 12.8. The number of alkyl halides is 3. The summed E-state index contributed by atoms with van der Waals surface area (Å²) in [6, 6.07) is 9.47. The molecule has 0 fully saturated rings. The molecule has 0 saturated heterocycles. The van der Waals surface area contributed by atoms with Gasteiger partial charge in [-0.15, -0.1) is 0 Å². The molecule has 4 nitrogen and oxygen atoms in total. The Morgan fingerprint density at radius 3 is 2.45 bits per heavy atom. The Morgan fingerprint density at radius 2 is 1.95 bits per heavy atom. The van der Waals surface area contributed by atoms with Crippen LogP contribution in [0.25, 0.3) is 0 Å². The molecule has 0 aliphatic rings. The van der Waals surface area contributed by atoms with Crippen LogP contribution >= 0.6 is 0 Å². The third kappa shape index (κ3) is 5.08. The van der Waals surface area contributed by atoms with Crippen molar-refractivity contribution in [3.63, 3.8) is 0 Å². The van der Waals surface area contributed by atoms with E-state index in [0.717, 1.165) is 5.56 Å². The largest absolute Gasteiger partial charge is 0.409 e. The van der Waals surface area contributed by atoms with Crippen LogP contribution in [0.5, 0.6) is 0 Å². The van der Waals surface area contributed by atoms with Crippen LogP contribution in [0.3, 0.4) is 0 Å². The van der Waals surface area contributed by atoms with Crippen molar-refractivity contribution in [3.05, 3.63) is 35.9 Å². The summed E-state index contributed by atoms with van der Waals surface area (Å²) in [5, 5.41) is 10.9. The van der Waals surface area contributed by atoms with Crippen LogP contribution in [0.4, 0.5) is 13.2 Å². The van der Waals surface area contributed by atoms with E-state index in [9.17, 15) is 13.2 Å². The molecule has 1 aromatic carbocycles. The first-order chi connectivity index (χ1) is 9.34. The van der Waals surface area contributed by atoms with Gasteiger partial charge in [-0.2, -0.15) is 13.2 Å². The number of nitrogens with two attached hydrogens (primary N) is 1. The lowest BCUT2D eigenvalue weighted by molar-refractivity contribution is -0.159. The zero-order valence-corrected chi connectivity index (χ0v) is 11.1. The fourth-order valence-corrected chi connectivity index (χ4v) is 1.80. The fraction of sp³-hybridized carbons (Fsp3) is 0.462. The van der Waals surface area contributed by atoms with Gasteiger partial charge in [-0.3, -0.25) is 0 Å². The van der Waals surface area contributed by atoms with Gasteiger partial charge in [0.2, 0.25) is 0 Å². The predicted octanol–water partition coefficient (Wildman–Crippen LogP) is 2.09. The molecule has 7 heteroatoms. The van der Waals surface area contributed by atoms with E-state index >= 15 is 0 Å². The van der Waals surface area contributed by atoms with E-state index in [1.807, 2.05) is 30.3 Å². The monoisotopic (exact) mass is 289 g/mol. The van der Waals surface area contributed by atoms with E-state index in [1.54, 1.807) is 7.05 Å². The molecule has 0 aromatic heterocycles. The Balaban J connectivity index is 2.57. The molecule has 0 aliphatic carbocycles. The molecule has 0 heterocycles. The van der Waals surface area contributed by atoms with E-state index in [-0.39, 0.29) is 6.54 Å². The number of hydrogen-bond donors (Lipinski definition) is 2. The first kappa shape index (κ1) is 16.3. The third-order valence-corrected chi connectivity index (χ3v) is 2.99. The van der Waals surface area contributed by atoms with E-state index in [4.69, 9.17) is 10.9 Å². The van der Waals surface area contributed by atoms with Gasteiger partial charge in [0.15, 0.2) is 5.84 Å². The molecule has 1 aromatic rings. The Bertz CT molecular complexity index is 434. The smallest absolute Gasteiger partial charge is 0.400 e. The summed E-state index contributed by atoms with van der Waals surface area (Å²) in [6.45, 7) is 0.113. The summed E-state index contributed by atoms with van der Waals surface area (Å²) in [5.74, 6) is -2.78. The second-order valence-corrected chi connectivity index (χ2v) is 4.62. The van der Waals surface area contributed by atoms with Crippen LogP contribution in [0, 0.1) is 5.92 Å². The number of nitrogens with zero attached hydrogens (tertiary/aromatic N) is 2. The highest BCUT2D eigenvalue weighted by molar-refractivity contribution is 5.83. The molecule has 1 unspecified atom stereocenters. The minimum absolute atomic E-state index is 0.341. The van der Waals surface area contributed by atoms with Crippen LogP contribution in [0.1, 0.15) is 5.56 Å². The number of likely N-dealkylation sites (N-methyl/N-ethyl adjacent to an activating group) is 1. The molecule has 0 radical (unpaired) electrons. The molecule has 1 atom stereocenters. The molecule has 0 saturated carbocycles. The van der Waals surface area contributed by atoms with Gasteiger partial charge in [0.1, 0.15) is 5.92 Å². The van der Waals surface area contributed by atoms with Gasteiger partial charge in [0.25, 0.3) is 0 Å². The maximum atomic E-state index is 12.8. The standard InChI is InChI=1S/C13H18F3N3O/c1-19(8-7-10-5-3-2-4-6-10)9-11(12(17)18-20)13(14,15)16/h2-6,11,20H,7-9H2,1H3,(H2,17,18). The van der Waals surface area contributed by atoms with Crippen LogP contribution in [0.15, 0.2) is 35.5 Å². The zero-order chi connectivity index (χ0) is 15.2. The van der Waals surface area contributed by atoms with Gasteiger partial charge in [0, 0.05) is 13.1 Å². The minimum Gasteiger partial charge on any atom is -0.409 e. The summed E-state index contributed by atoms with van der Waals surface area (Å²) < 4.78 is 38.3. The van der Waals surface area contributed by atoms with E-state index < -0.39 is 17.9 Å². The van der Waals surface area contributed by atoms with Gasteiger partial charge >= 0.3 is 6.18 Å². The molecule has 0 aliphatic heterocycles. The Morgan fingerprint density at radius 1 is 1.35 bits per heavy atom. The van der Waals surface area contributed by atoms with Gasteiger partial charge in [-0.1, -0.05) is 35.5 Å². The van der Waals surface area contributed by atoms with Gasteiger partial charge in [-0.05, 0) is 19.0 Å². The minimum atomic E-state index is -4.53. The third-order valence-electron chi connectivity index (χ3n) is 2.99. The fourth-order valence-electron chi connectivity index (χ4n) is 1.80. The van der Waals surface area contributed by atoms with Crippen molar-refractivity contribution in [1.82, 2.24) is 4.90 Å². The molecule has 0 spiro atoms. The molecular formula is C13H18F3N3O. The summed E-state index contributed by atoms with van der Waals surface area (Å²) in [7, 11) is 1.58. The highest BCUT2D eigenvalue weighted by Gasteiger charge is 2.43. The lowest BCUT2D eigenvalue weighted by Crippen LogP contribution is -2.43. The Labute approximate surface area is 115 Å². The molecule has 0 bridgehead atoms. The first-order valence-corrected chi connectivity index (χ1v) is 6.11. The van der Waals surface area contributed by atoms with Crippen molar-refractivity contribution in [2.24, 2.45) is 16.8 Å². The molecule has 0 amide bonds. The van der Waals surface area contributed by atoms with Crippen molar-refractivity contribution in [1.29, 1.82) is 0 Å². The molecule has 112 valence electrons. The Kier molecular flexibility index (Phi) is 5.82. The van der Waals surface area contributed by atoms with Crippen molar-refractivity contribution in [2.45, 2.75) is 12.6 Å². The summed E-state index contributed by atoms with van der Waals surface area (Å²) in [4.78, 5) is 1.52.